The molecule has 1 rings (SSSR count). The van der Waals surface area contributed by atoms with E-state index in [1.54, 1.807) is 6.26 Å². The van der Waals surface area contributed by atoms with Gasteiger partial charge in [0, 0.05) is 5.56 Å². The van der Waals surface area contributed by atoms with Crippen LogP contribution in [-0.4, -0.2) is 0 Å². The second-order valence-corrected chi connectivity index (χ2v) is 4.56. The van der Waals surface area contributed by atoms with Crippen LogP contribution in [-0.2, 0) is 6.42 Å². The van der Waals surface area contributed by atoms with E-state index in [9.17, 15) is 0 Å². The van der Waals surface area contributed by atoms with E-state index in [1.165, 1.54) is 31.2 Å². The number of halogens is 1. The van der Waals surface area contributed by atoms with E-state index in [0.29, 0.717) is 0 Å². The molecular formula is C12H19BrO. The summed E-state index contributed by atoms with van der Waals surface area (Å²) in [6, 6.07) is 2.07. The minimum Gasteiger partial charge on any atom is -0.457 e. The van der Waals surface area contributed by atoms with E-state index in [4.69, 9.17) is 4.42 Å². The van der Waals surface area contributed by atoms with Gasteiger partial charge in [0.1, 0.15) is 0 Å². The summed E-state index contributed by atoms with van der Waals surface area (Å²) in [4.78, 5) is 0. The van der Waals surface area contributed by atoms with E-state index >= 15 is 0 Å². The molecule has 1 nitrogen and oxygen atoms in total. The van der Waals surface area contributed by atoms with E-state index < -0.39 is 0 Å². The Morgan fingerprint density at radius 3 is 2.71 bits per heavy atom. The van der Waals surface area contributed by atoms with Crippen LogP contribution in [0.1, 0.15) is 45.1 Å². The molecule has 0 aliphatic heterocycles. The van der Waals surface area contributed by atoms with Gasteiger partial charge in [-0.2, -0.15) is 0 Å². The molecule has 80 valence electrons. The Balaban J connectivity index is 2.44. The van der Waals surface area contributed by atoms with E-state index in [1.807, 2.05) is 0 Å². The topological polar surface area (TPSA) is 13.1 Å². The largest absolute Gasteiger partial charge is 0.457 e. The summed E-state index contributed by atoms with van der Waals surface area (Å²) in [6.07, 6.45) is 8.14. The zero-order chi connectivity index (χ0) is 10.4. The predicted molar refractivity (Wildman–Crippen MR) is 63.4 cm³/mol. The molecule has 0 bridgehead atoms. The highest BCUT2D eigenvalue weighted by atomic mass is 79.9. The van der Waals surface area contributed by atoms with Crippen molar-refractivity contribution in [2.75, 3.05) is 0 Å². The van der Waals surface area contributed by atoms with Crippen LogP contribution < -0.4 is 0 Å². The normalized spacial score (nSPS) is 13.1. The summed E-state index contributed by atoms with van der Waals surface area (Å²) in [5.74, 6) is 0.809. The molecule has 0 saturated carbocycles. The van der Waals surface area contributed by atoms with E-state index in [-0.39, 0.29) is 0 Å². The maximum absolute atomic E-state index is 5.23. The van der Waals surface area contributed by atoms with Crippen LogP contribution in [0, 0.1) is 5.92 Å². The second-order valence-electron chi connectivity index (χ2n) is 3.84. The Labute approximate surface area is 95.0 Å². The van der Waals surface area contributed by atoms with Crippen LogP contribution in [0.5, 0.6) is 0 Å². The Kier molecular flexibility index (Phi) is 5.31. The van der Waals surface area contributed by atoms with Crippen molar-refractivity contribution < 1.29 is 4.42 Å². The van der Waals surface area contributed by atoms with Crippen LogP contribution in [0.3, 0.4) is 0 Å². The third kappa shape index (κ3) is 3.49. The maximum Gasteiger partial charge on any atom is 0.172 e. The third-order valence-corrected chi connectivity index (χ3v) is 3.44. The third-order valence-electron chi connectivity index (χ3n) is 2.75. The van der Waals surface area contributed by atoms with E-state index in [0.717, 1.165) is 17.0 Å². The monoisotopic (exact) mass is 258 g/mol. The minimum absolute atomic E-state index is 0.809. The molecule has 0 radical (unpaired) electrons. The molecule has 1 aromatic rings. The molecule has 2 heteroatoms. The predicted octanol–water partition coefficient (Wildman–Crippen LogP) is 4.80. The molecule has 0 aromatic carbocycles. The summed E-state index contributed by atoms with van der Waals surface area (Å²) in [6.45, 7) is 4.52. The fourth-order valence-corrected chi connectivity index (χ4v) is 2.12. The summed E-state index contributed by atoms with van der Waals surface area (Å²) in [7, 11) is 0. The molecule has 0 N–H and O–H groups in total. The number of rotatable bonds is 6. The molecule has 1 unspecified atom stereocenters. The van der Waals surface area contributed by atoms with Crippen molar-refractivity contribution in [2.45, 2.75) is 46.0 Å². The van der Waals surface area contributed by atoms with Gasteiger partial charge in [0.2, 0.25) is 0 Å². The van der Waals surface area contributed by atoms with Gasteiger partial charge < -0.3 is 4.42 Å². The Morgan fingerprint density at radius 2 is 2.21 bits per heavy atom. The van der Waals surface area contributed by atoms with Gasteiger partial charge in [-0.1, -0.05) is 39.5 Å². The average molecular weight is 259 g/mol. The lowest BCUT2D eigenvalue weighted by Gasteiger charge is -2.12. The highest BCUT2D eigenvalue weighted by Gasteiger charge is 2.10. The molecular weight excluding hydrogens is 240 g/mol. The first kappa shape index (κ1) is 11.8. The van der Waals surface area contributed by atoms with Gasteiger partial charge in [0.05, 0.1) is 6.26 Å². The van der Waals surface area contributed by atoms with Crippen molar-refractivity contribution in [3.63, 3.8) is 0 Å². The van der Waals surface area contributed by atoms with Crippen LogP contribution in [0.15, 0.2) is 21.4 Å². The van der Waals surface area contributed by atoms with Crippen LogP contribution in [0.4, 0.5) is 0 Å². The smallest absolute Gasteiger partial charge is 0.172 e. The number of hydrogen-bond acceptors (Lipinski definition) is 1. The summed E-state index contributed by atoms with van der Waals surface area (Å²) in [5.41, 5.74) is 1.31. The number of furan rings is 1. The van der Waals surface area contributed by atoms with Gasteiger partial charge in [-0.3, -0.25) is 0 Å². The van der Waals surface area contributed by atoms with Crippen molar-refractivity contribution in [2.24, 2.45) is 5.92 Å². The summed E-state index contributed by atoms with van der Waals surface area (Å²) in [5, 5.41) is 0. The highest BCUT2D eigenvalue weighted by Crippen LogP contribution is 2.24. The zero-order valence-electron chi connectivity index (χ0n) is 9.05. The molecule has 0 spiro atoms. The molecule has 0 amide bonds. The van der Waals surface area contributed by atoms with Crippen molar-refractivity contribution in [1.29, 1.82) is 0 Å². The van der Waals surface area contributed by atoms with Crippen molar-refractivity contribution in [3.8, 4) is 0 Å². The maximum atomic E-state index is 5.23. The van der Waals surface area contributed by atoms with E-state index in [2.05, 4.69) is 35.8 Å². The van der Waals surface area contributed by atoms with Gasteiger partial charge >= 0.3 is 0 Å². The lowest BCUT2D eigenvalue weighted by Crippen LogP contribution is -2.02. The molecule has 14 heavy (non-hydrogen) atoms. The first-order chi connectivity index (χ1) is 6.77. The molecule has 0 aliphatic carbocycles. The standard InChI is InChI=1S/C12H19BrO/c1-3-5-6-10(4-2)9-11-7-8-14-12(11)13/h7-8,10H,3-6,9H2,1-2H3. The van der Waals surface area contributed by atoms with Gasteiger partial charge in [-0.05, 0) is 34.3 Å². The Morgan fingerprint density at radius 1 is 1.43 bits per heavy atom. The highest BCUT2D eigenvalue weighted by molar-refractivity contribution is 9.10. The lowest BCUT2D eigenvalue weighted by molar-refractivity contribution is 0.443. The fraction of sp³-hybridized carbons (Fsp3) is 0.667. The van der Waals surface area contributed by atoms with Crippen molar-refractivity contribution in [3.05, 3.63) is 22.6 Å². The average Bonchev–Trinajstić information content (AvgIpc) is 2.59. The lowest BCUT2D eigenvalue weighted by atomic mass is 9.93. The summed E-state index contributed by atoms with van der Waals surface area (Å²) >= 11 is 3.43. The molecule has 1 heterocycles. The van der Waals surface area contributed by atoms with Gasteiger partial charge in [-0.15, -0.1) is 0 Å². The van der Waals surface area contributed by atoms with Crippen molar-refractivity contribution in [1.82, 2.24) is 0 Å². The van der Waals surface area contributed by atoms with Crippen LogP contribution in [0.25, 0.3) is 0 Å². The first-order valence-electron chi connectivity index (χ1n) is 5.49. The van der Waals surface area contributed by atoms with Crippen LogP contribution >= 0.6 is 15.9 Å². The minimum atomic E-state index is 0.809. The zero-order valence-corrected chi connectivity index (χ0v) is 10.6. The summed E-state index contributed by atoms with van der Waals surface area (Å²) < 4.78 is 6.14. The Bertz CT molecular complexity index is 255. The second kappa shape index (κ2) is 6.28. The molecule has 0 fully saturated rings. The molecule has 1 atom stereocenters. The van der Waals surface area contributed by atoms with Crippen LogP contribution in [0.2, 0.25) is 0 Å². The Hall–Kier alpha value is -0.240. The SMILES string of the molecule is CCCCC(CC)Cc1ccoc1Br. The number of unbranched alkanes of at least 4 members (excludes halogenated alkanes) is 1. The number of hydrogen-bond donors (Lipinski definition) is 0. The molecule has 1 aromatic heterocycles. The van der Waals surface area contributed by atoms with Crippen molar-refractivity contribution >= 4 is 15.9 Å². The first-order valence-corrected chi connectivity index (χ1v) is 6.29. The van der Waals surface area contributed by atoms with Gasteiger partial charge in [-0.25, -0.2) is 0 Å². The quantitative estimate of drug-likeness (QED) is 0.715. The fourth-order valence-electron chi connectivity index (χ4n) is 1.72. The van der Waals surface area contributed by atoms with Gasteiger partial charge in [0.15, 0.2) is 4.67 Å². The molecule has 0 saturated heterocycles. The van der Waals surface area contributed by atoms with Gasteiger partial charge in [0.25, 0.3) is 0 Å². The molecule has 0 aliphatic rings.